The summed E-state index contributed by atoms with van der Waals surface area (Å²) < 4.78 is 0. The van der Waals surface area contributed by atoms with Gasteiger partial charge in [0.25, 0.3) is 11.5 Å². The van der Waals surface area contributed by atoms with Crippen LogP contribution < -0.4 is 60.0 Å². The standard InChI is InChI=1S/C41H53N15O15/c1-17(48-31(62)19-6-8-20(9-7-19)46-15-21-16-47-30-29(50-21)35(66)55-40(44)54-30)5-10-26(57)51-24(12-27(58)59)33(64)52-23(4-3-11-45-39(42)43)32(63)53-25(13-28(60)61)34(65)56-41(14-22(41)37(69)70)38(71)49-18(2)36(67)68/h6-9,16-18,22-25,46H,3-5,10-15H2,1-2H3,(H,48,62)(H,49,71)(H,51,57)(H,52,64)(H,53,63)(H,56,65)(H,58,59)(H,60,61)(H,67,68)(H,69,70)(H4,42,43,45)(H3,44,47,54,55,66)/t17-,18+,22+,23+,24+,25+,41?/m1/s1. The van der Waals surface area contributed by atoms with Crippen molar-refractivity contribution in [2.75, 3.05) is 17.6 Å². The third-order valence-electron chi connectivity index (χ3n) is 10.6. The number of rotatable bonds is 27. The number of carbonyl (C=O) groups excluding carboxylic acids is 6. The number of H-pyrrole nitrogens is 1. The first kappa shape index (κ1) is 54.6. The second-order valence-corrected chi connectivity index (χ2v) is 16.3. The van der Waals surface area contributed by atoms with Gasteiger partial charge in [-0.3, -0.25) is 62.7 Å². The quantitative estimate of drug-likeness (QED) is 0.0196. The topological polar surface area (TPSA) is 498 Å². The van der Waals surface area contributed by atoms with E-state index in [0.717, 1.165) is 6.92 Å². The number of aromatic amines is 1. The Balaban J connectivity index is 1.37. The van der Waals surface area contributed by atoms with E-state index in [-0.39, 0.29) is 67.4 Å². The molecule has 7 atom stereocenters. The summed E-state index contributed by atoms with van der Waals surface area (Å²) in [5.41, 5.74) is 14.9. The van der Waals surface area contributed by atoms with Gasteiger partial charge in [-0.15, -0.1) is 0 Å². The highest BCUT2D eigenvalue weighted by Crippen LogP contribution is 2.44. The Kier molecular flexibility index (Phi) is 18.7. The van der Waals surface area contributed by atoms with Crippen LogP contribution in [-0.2, 0) is 49.7 Å². The maximum Gasteiger partial charge on any atom is 0.325 e. The second kappa shape index (κ2) is 24.3. The number of nitrogens with one attached hydrogen (secondary N) is 8. The Bertz CT molecular complexity index is 2640. The minimum absolute atomic E-state index is 0.00687. The molecule has 3 aromatic rings. The number of nitrogens with two attached hydrogens (primary N) is 3. The van der Waals surface area contributed by atoms with E-state index in [9.17, 15) is 73.2 Å². The fourth-order valence-electron chi connectivity index (χ4n) is 6.77. The lowest BCUT2D eigenvalue weighted by Crippen LogP contribution is -2.60. The number of benzene rings is 1. The lowest BCUT2D eigenvalue weighted by Gasteiger charge is -2.26. The highest BCUT2D eigenvalue weighted by atomic mass is 16.4. The number of guanidine groups is 1. The SMILES string of the molecule is C[C@H](CCC(=O)N[C@@H](CC(=O)O)C(=O)N[C@@H](CCCN=C(N)N)C(=O)N[C@@H](CC(=O)O)C(=O)NC1(C(=O)N[C@@H](C)C(=O)O)C[C@H]1C(=O)O)NC(=O)c1ccc(NCc2cnc3nc(N)[nH]c(=O)c3n2)cc1. The molecule has 0 bridgehead atoms. The third kappa shape index (κ3) is 16.1. The average molecular weight is 996 g/mol. The molecular weight excluding hydrogens is 943 g/mol. The van der Waals surface area contributed by atoms with Gasteiger partial charge in [-0.05, 0) is 63.8 Å². The second-order valence-electron chi connectivity index (χ2n) is 16.3. The zero-order valence-electron chi connectivity index (χ0n) is 38.0. The fourth-order valence-corrected chi connectivity index (χ4v) is 6.77. The van der Waals surface area contributed by atoms with Crippen molar-refractivity contribution in [2.24, 2.45) is 22.4 Å². The Morgan fingerprint density at radius 1 is 0.817 bits per heavy atom. The Morgan fingerprint density at radius 2 is 1.44 bits per heavy atom. The number of amides is 6. The molecule has 6 amide bonds. The van der Waals surface area contributed by atoms with Gasteiger partial charge in [-0.25, -0.2) is 9.97 Å². The van der Waals surface area contributed by atoms with Gasteiger partial charge in [0.1, 0.15) is 29.7 Å². The molecule has 1 saturated carbocycles. The molecular formula is C41H53N15O15. The molecule has 4 rings (SSSR count). The van der Waals surface area contributed by atoms with E-state index in [0.29, 0.717) is 11.4 Å². The molecule has 30 heteroatoms. The van der Waals surface area contributed by atoms with Gasteiger partial charge in [0.05, 0.1) is 37.2 Å². The highest BCUT2D eigenvalue weighted by Gasteiger charge is 2.65. The van der Waals surface area contributed by atoms with Crippen LogP contribution in [0.1, 0.15) is 74.8 Å². The fraction of sp³-hybridized carbons (Fsp3) is 0.439. The van der Waals surface area contributed by atoms with Gasteiger partial charge in [0, 0.05) is 30.3 Å². The summed E-state index contributed by atoms with van der Waals surface area (Å²) in [4.78, 5) is 157. The van der Waals surface area contributed by atoms with E-state index in [1.54, 1.807) is 19.1 Å². The summed E-state index contributed by atoms with van der Waals surface area (Å²) >= 11 is 0. The van der Waals surface area contributed by atoms with E-state index < -0.39 is 126 Å². The lowest BCUT2D eigenvalue weighted by atomic mass is 10.1. The maximum absolute atomic E-state index is 13.7. The molecule has 0 saturated heterocycles. The van der Waals surface area contributed by atoms with Crippen molar-refractivity contribution in [3.05, 3.63) is 52.1 Å². The summed E-state index contributed by atoms with van der Waals surface area (Å²) in [6.07, 6.45) is -1.90. The number of aliphatic carboxylic acids is 4. The predicted octanol–water partition coefficient (Wildman–Crippen LogP) is -4.19. The zero-order valence-corrected chi connectivity index (χ0v) is 38.0. The first-order valence-corrected chi connectivity index (χ1v) is 21.5. The van der Waals surface area contributed by atoms with Crippen LogP contribution in [0, 0.1) is 5.92 Å². The van der Waals surface area contributed by atoms with Gasteiger partial charge >= 0.3 is 23.9 Å². The zero-order chi connectivity index (χ0) is 52.7. The highest BCUT2D eigenvalue weighted by molar-refractivity contribution is 6.04. The minimum Gasteiger partial charge on any atom is -0.481 e. The maximum atomic E-state index is 13.7. The number of nitrogen functional groups attached to an aromatic ring is 1. The number of aromatic nitrogens is 4. The summed E-state index contributed by atoms with van der Waals surface area (Å²) in [5.74, 6) is -14.6. The van der Waals surface area contributed by atoms with E-state index in [4.69, 9.17) is 17.2 Å². The number of carboxylic acids is 4. The third-order valence-corrected chi connectivity index (χ3v) is 10.6. The molecule has 0 aliphatic heterocycles. The van der Waals surface area contributed by atoms with Gasteiger partial charge in [-0.2, -0.15) is 4.98 Å². The van der Waals surface area contributed by atoms with Crippen LogP contribution in [0.5, 0.6) is 0 Å². The minimum atomic E-state index is -2.23. The van der Waals surface area contributed by atoms with Crippen LogP contribution in [0.3, 0.4) is 0 Å². The molecule has 382 valence electrons. The predicted molar refractivity (Wildman–Crippen MR) is 244 cm³/mol. The number of carbonyl (C=O) groups is 10. The Labute approximate surface area is 400 Å². The molecule has 0 spiro atoms. The molecule has 18 N–H and O–H groups in total. The summed E-state index contributed by atoms with van der Waals surface area (Å²) in [6.45, 7) is 2.72. The number of nitrogens with zero attached hydrogens (tertiary/aromatic N) is 4. The van der Waals surface area contributed by atoms with Gasteiger partial charge in [0.15, 0.2) is 17.1 Å². The lowest BCUT2D eigenvalue weighted by molar-refractivity contribution is -0.145. The van der Waals surface area contributed by atoms with Crippen LogP contribution >= 0.6 is 0 Å². The van der Waals surface area contributed by atoms with E-state index >= 15 is 0 Å². The molecule has 1 unspecified atom stereocenters. The number of fused-ring (bicyclic) bond motifs is 1. The van der Waals surface area contributed by atoms with Crippen LogP contribution in [0.2, 0.25) is 0 Å². The van der Waals surface area contributed by atoms with Crippen LogP contribution in [-0.4, -0.2) is 148 Å². The van der Waals surface area contributed by atoms with Gasteiger partial charge in [0.2, 0.25) is 35.5 Å². The van der Waals surface area contributed by atoms with Crippen molar-refractivity contribution >= 4 is 88.1 Å². The number of hydrogen-bond acceptors (Lipinski definition) is 17. The molecule has 1 aliphatic rings. The Morgan fingerprint density at radius 3 is 2.03 bits per heavy atom. The van der Waals surface area contributed by atoms with Gasteiger partial charge in [-0.1, -0.05) is 0 Å². The van der Waals surface area contributed by atoms with Crippen molar-refractivity contribution in [1.29, 1.82) is 0 Å². The van der Waals surface area contributed by atoms with Crippen LogP contribution in [0.4, 0.5) is 11.6 Å². The number of carboxylic acid groups (broad SMARTS) is 4. The molecule has 1 fully saturated rings. The Hall–Kier alpha value is -8.99. The van der Waals surface area contributed by atoms with Gasteiger partial charge < -0.3 is 74.8 Å². The largest absolute Gasteiger partial charge is 0.481 e. The number of hydrogen-bond donors (Lipinski definition) is 15. The molecule has 2 aromatic heterocycles. The summed E-state index contributed by atoms with van der Waals surface area (Å²) in [7, 11) is 0. The van der Waals surface area contributed by atoms with E-state index in [2.05, 4.69) is 56.8 Å². The molecule has 30 nitrogen and oxygen atoms in total. The van der Waals surface area contributed by atoms with E-state index in [1.165, 1.54) is 18.3 Å². The van der Waals surface area contributed by atoms with Crippen LogP contribution in [0.15, 0.2) is 40.2 Å². The van der Waals surface area contributed by atoms with Crippen LogP contribution in [0.25, 0.3) is 11.2 Å². The van der Waals surface area contributed by atoms with Crippen molar-refractivity contribution in [3.8, 4) is 0 Å². The van der Waals surface area contributed by atoms with Crippen molar-refractivity contribution in [3.63, 3.8) is 0 Å². The normalized spacial score (nSPS) is 16.8. The monoisotopic (exact) mass is 995 g/mol. The molecule has 2 heterocycles. The molecule has 71 heavy (non-hydrogen) atoms. The first-order chi connectivity index (χ1) is 33.4. The van der Waals surface area contributed by atoms with E-state index in [1.807, 2.05) is 5.32 Å². The average Bonchev–Trinajstić information content (AvgIpc) is 4.03. The van der Waals surface area contributed by atoms with Crippen molar-refractivity contribution in [1.82, 2.24) is 51.8 Å². The van der Waals surface area contributed by atoms with Crippen molar-refractivity contribution in [2.45, 2.75) is 101 Å². The smallest absolute Gasteiger partial charge is 0.325 e. The molecule has 0 radical (unpaired) electrons. The number of anilines is 2. The van der Waals surface area contributed by atoms with Crippen molar-refractivity contribution < 1.29 is 68.4 Å². The summed E-state index contributed by atoms with van der Waals surface area (Å²) in [6, 6.07) is -1.38. The first-order valence-electron chi connectivity index (χ1n) is 21.5. The molecule has 1 aliphatic carbocycles. The number of aliphatic imine (C=N–C) groups is 1. The summed E-state index contributed by atoms with van der Waals surface area (Å²) in [5, 5.41) is 54.7. The molecule has 1 aromatic carbocycles.